The van der Waals surface area contributed by atoms with Crippen molar-refractivity contribution in [2.24, 2.45) is 4.99 Å². The van der Waals surface area contributed by atoms with Crippen LogP contribution in [0.4, 0.5) is 0 Å². The third-order valence-electron chi connectivity index (χ3n) is 5.25. The highest BCUT2D eigenvalue weighted by molar-refractivity contribution is 14.0. The van der Waals surface area contributed by atoms with Gasteiger partial charge in [0.05, 0.1) is 25.1 Å². The first-order valence-corrected chi connectivity index (χ1v) is 11.8. The summed E-state index contributed by atoms with van der Waals surface area (Å²) in [6, 6.07) is 0. The minimum atomic E-state index is -3.34. The fourth-order valence-electron chi connectivity index (χ4n) is 3.37. The number of nitrogens with one attached hydrogen (secondary N) is 3. The normalized spacial score (nSPS) is 22.0. The molecule has 0 aliphatic carbocycles. The van der Waals surface area contributed by atoms with E-state index in [4.69, 9.17) is 9.47 Å². The second kappa shape index (κ2) is 13.3. The second-order valence-electron chi connectivity index (χ2n) is 7.92. The monoisotopic (exact) mass is 547 g/mol. The van der Waals surface area contributed by atoms with Crippen LogP contribution in [0.25, 0.3) is 0 Å². The zero-order chi connectivity index (χ0) is 20.5. The fraction of sp³-hybridized carbons (Fsp3) is 0.944. The lowest BCUT2D eigenvalue weighted by Crippen LogP contribution is -2.56. The first kappa shape index (κ1) is 26.8. The van der Waals surface area contributed by atoms with Crippen molar-refractivity contribution in [3.63, 3.8) is 0 Å². The molecule has 29 heavy (non-hydrogen) atoms. The topological polar surface area (TPSA) is 104 Å². The summed E-state index contributed by atoms with van der Waals surface area (Å²) in [6.45, 7) is 9.76. The SMILES string of the molecule is CN=C(NCCS(=O)(=O)NCC1CCCCO1)NCC(C)(C)N1CCOCC1.I. The zero-order valence-corrected chi connectivity index (χ0v) is 21.1. The van der Waals surface area contributed by atoms with Gasteiger partial charge in [-0.15, -0.1) is 24.0 Å². The molecule has 11 heteroatoms. The van der Waals surface area contributed by atoms with Gasteiger partial charge < -0.3 is 20.1 Å². The van der Waals surface area contributed by atoms with Crippen LogP contribution < -0.4 is 15.4 Å². The number of rotatable bonds is 9. The molecule has 2 rings (SSSR count). The number of hydrogen-bond donors (Lipinski definition) is 3. The lowest BCUT2D eigenvalue weighted by atomic mass is 10.0. The molecular formula is C18H38IN5O4S. The predicted octanol–water partition coefficient (Wildman–Crippen LogP) is 0.369. The molecule has 2 heterocycles. The quantitative estimate of drug-likeness (QED) is 0.218. The molecule has 1 unspecified atom stereocenters. The van der Waals surface area contributed by atoms with Gasteiger partial charge in [0.2, 0.25) is 10.0 Å². The van der Waals surface area contributed by atoms with Crippen molar-refractivity contribution in [3.05, 3.63) is 0 Å². The summed E-state index contributed by atoms with van der Waals surface area (Å²) < 4.78 is 38.0. The highest BCUT2D eigenvalue weighted by atomic mass is 127. The van der Waals surface area contributed by atoms with Crippen molar-refractivity contribution >= 4 is 40.0 Å². The number of ether oxygens (including phenoxy) is 2. The van der Waals surface area contributed by atoms with Gasteiger partial charge in [-0.1, -0.05) is 0 Å². The number of aliphatic imine (C=N–C) groups is 1. The first-order chi connectivity index (χ1) is 13.3. The van der Waals surface area contributed by atoms with E-state index in [-0.39, 0.29) is 41.4 Å². The zero-order valence-electron chi connectivity index (χ0n) is 17.9. The molecule has 2 saturated heterocycles. The van der Waals surface area contributed by atoms with E-state index in [1.165, 1.54) is 0 Å². The average molecular weight is 548 g/mol. The maximum Gasteiger partial charge on any atom is 0.213 e. The number of nitrogens with zero attached hydrogens (tertiary/aromatic N) is 2. The molecule has 0 aromatic heterocycles. The third-order valence-corrected chi connectivity index (χ3v) is 6.60. The Bertz CT molecular complexity index is 591. The molecule has 0 saturated carbocycles. The predicted molar refractivity (Wildman–Crippen MR) is 127 cm³/mol. The van der Waals surface area contributed by atoms with E-state index < -0.39 is 10.0 Å². The van der Waals surface area contributed by atoms with Crippen LogP contribution >= 0.6 is 24.0 Å². The molecule has 1 atom stereocenters. The number of hydrogen-bond acceptors (Lipinski definition) is 6. The number of guanidine groups is 1. The van der Waals surface area contributed by atoms with Crippen molar-refractivity contribution in [2.75, 3.05) is 65.3 Å². The Kier molecular flexibility index (Phi) is 12.3. The van der Waals surface area contributed by atoms with E-state index in [1.54, 1.807) is 7.05 Å². The smallest absolute Gasteiger partial charge is 0.213 e. The maximum absolute atomic E-state index is 12.2. The number of sulfonamides is 1. The molecule has 9 nitrogen and oxygen atoms in total. The van der Waals surface area contributed by atoms with Gasteiger partial charge in [0.25, 0.3) is 0 Å². The molecule has 0 aromatic rings. The van der Waals surface area contributed by atoms with Crippen LogP contribution in [0.15, 0.2) is 4.99 Å². The lowest BCUT2D eigenvalue weighted by Gasteiger charge is -2.41. The van der Waals surface area contributed by atoms with Crippen LogP contribution in [-0.4, -0.2) is 96.3 Å². The summed E-state index contributed by atoms with van der Waals surface area (Å²) >= 11 is 0. The van der Waals surface area contributed by atoms with Gasteiger partial charge in [0.1, 0.15) is 0 Å². The minimum absolute atomic E-state index is 0. The molecule has 0 bridgehead atoms. The Morgan fingerprint density at radius 2 is 1.90 bits per heavy atom. The van der Waals surface area contributed by atoms with E-state index >= 15 is 0 Å². The van der Waals surface area contributed by atoms with E-state index in [2.05, 4.69) is 39.1 Å². The van der Waals surface area contributed by atoms with Crippen LogP contribution in [0, 0.1) is 0 Å². The lowest BCUT2D eigenvalue weighted by molar-refractivity contribution is -0.00833. The molecule has 3 N–H and O–H groups in total. The van der Waals surface area contributed by atoms with Gasteiger partial charge in [-0.3, -0.25) is 9.89 Å². The largest absolute Gasteiger partial charge is 0.379 e. The number of morpholine rings is 1. The summed E-state index contributed by atoms with van der Waals surface area (Å²) in [5.41, 5.74) is -0.0466. The van der Waals surface area contributed by atoms with Crippen molar-refractivity contribution in [2.45, 2.75) is 44.8 Å². The van der Waals surface area contributed by atoms with Crippen molar-refractivity contribution < 1.29 is 17.9 Å². The molecule has 0 amide bonds. The molecule has 2 aliphatic heterocycles. The van der Waals surface area contributed by atoms with E-state index in [1.807, 2.05) is 0 Å². The standard InChI is InChI=1S/C18H37N5O4S.HI/c1-18(2,23-8-11-26-12-9-23)15-21-17(19-3)20-7-13-28(24,25)22-14-16-6-4-5-10-27-16;/h16,22H,4-15H2,1-3H3,(H2,19,20,21);1H. The molecule has 172 valence electrons. The maximum atomic E-state index is 12.2. The van der Waals surface area contributed by atoms with Gasteiger partial charge in [0, 0.05) is 51.9 Å². The molecular weight excluding hydrogens is 509 g/mol. The van der Waals surface area contributed by atoms with Gasteiger partial charge >= 0.3 is 0 Å². The van der Waals surface area contributed by atoms with Gasteiger partial charge in [-0.25, -0.2) is 13.1 Å². The first-order valence-electron chi connectivity index (χ1n) is 10.2. The Balaban J connectivity index is 0.00000420. The summed E-state index contributed by atoms with van der Waals surface area (Å²) in [5, 5.41) is 6.38. The van der Waals surface area contributed by atoms with Crippen LogP contribution in [0.3, 0.4) is 0 Å². The van der Waals surface area contributed by atoms with Crippen LogP contribution in [0.2, 0.25) is 0 Å². The van der Waals surface area contributed by atoms with Crippen LogP contribution in [0.5, 0.6) is 0 Å². The van der Waals surface area contributed by atoms with Crippen molar-refractivity contribution in [1.82, 2.24) is 20.3 Å². The van der Waals surface area contributed by atoms with E-state index in [0.29, 0.717) is 25.6 Å². The molecule has 2 aliphatic rings. The van der Waals surface area contributed by atoms with Crippen LogP contribution in [0.1, 0.15) is 33.1 Å². The molecule has 2 fully saturated rings. The van der Waals surface area contributed by atoms with Crippen molar-refractivity contribution in [3.8, 4) is 0 Å². The summed E-state index contributed by atoms with van der Waals surface area (Å²) in [6.07, 6.45) is 3.06. The highest BCUT2D eigenvalue weighted by Crippen LogP contribution is 2.15. The second-order valence-corrected chi connectivity index (χ2v) is 9.85. The number of halogens is 1. The Labute approximate surface area is 192 Å². The van der Waals surface area contributed by atoms with Gasteiger partial charge in [0.15, 0.2) is 5.96 Å². The molecule has 0 radical (unpaired) electrons. The minimum Gasteiger partial charge on any atom is -0.379 e. The molecule has 0 spiro atoms. The third kappa shape index (κ3) is 10.1. The Morgan fingerprint density at radius 3 is 2.52 bits per heavy atom. The van der Waals surface area contributed by atoms with Gasteiger partial charge in [-0.2, -0.15) is 0 Å². The molecule has 0 aromatic carbocycles. The van der Waals surface area contributed by atoms with E-state index in [9.17, 15) is 8.42 Å². The Hall–Kier alpha value is -0.210. The Morgan fingerprint density at radius 1 is 1.17 bits per heavy atom. The fourth-order valence-corrected chi connectivity index (χ4v) is 4.32. The van der Waals surface area contributed by atoms with Crippen molar-refractivity contribution in [1.29, 1.82) is 0 Å². The van der Waals surface area contributed by atoms with Crippen LogP contribution in [-0.2, 0) is 19.5 Å². The van der Waals surface area contributed by atoms with Gasteiger partial charge in [-0.05, 0) is 33.1 Å². The van der Waals surface area contributed by atoms with E-state index in [0.717, 1.165) is 52.2 Å². The summed E-state index contributed by atoms with van der Waals surface area (Å²) in [4.78, 5) is 6.58. The highest BCUT2D eigenvalue weighted by Gasteiger charge is 2.28. The average Bonchev–Trinajstić information content (AvgIpc) is 2.70. The summed E-state index contributed by atoms with van der Waals surface area (Å²) in [7, 11) is -1.66. The summed E-state index contributed by atoms with van der Waals surface area (Å²) in [5.74, 6) is 0.597.